The molecule has 0 aromatic heterocycles. The number of aliphatic hydroxyl groups is 1. The quantitative estimate of drug-likeness (QED) is 0.791. The van der Waals surface area contributed by atoms with Gasteiger partial charge in [0.15, 0.2) is 11.5 Å². The maximum absolute atomic E-state index is 13.7. The van der Waals surface area contributed by atoms with Crippen molar-refractivity contribution < 1.29 is 23.8 Å². The van der Waals surface area contributed by atoms with Crippen LogP contribution >= 0.6 is 11.6 Å². The number of aliphatic hydroxyl groups excluding tert-OH is 1. The van der Waals surface area contributed by atoms with Crippen molar-refractivity contribution in [3.8, 4) is 11.5 Å². The van der Waals surface area contributed by atoms with E-state index < -0.39 is 11.4 Å². The molecule has 0 fully saturated rings. The van der Waals surface area contributed by atoms with Gasteiger partial charge in [-0.2, -0.15) is 0 Å². The van der Waals surface area contributed by atoms with Crippen LogP contribution in [0.15, 0.2) is 30.3 Å². The van der Waals surface area contributed by atoms with Crippen LogP contribution in [0.4, 0.5) is 4.39 Å². The van der Waals surface area contributed by atoms with Crippen LogP contribution in [-0.2, 0) is 12.8 Å². The third-order valence-corrected chi connectivity index (χ3v) is 4.79. The van der Waals surface area contributed by atoms with E-state index in [-0.39, 0.29) is 24.1 Å². The number of rotatable bonds is 6. The van der Waals surface area contributed by atoms with Gasteiger partial charge in [-0.25, -0.2) is 4.39 Å². The fourth-order valence-corrected chi connectivity index (χ4v) is 3.44. The number of fused-ring (bicyclic) bond motifs is 1. The van der Waals surface area contributed by atoms with Crippen LogP contribution in [0.25, 0.3) is 0 Å². The van der Waals surface area contributed by atoms with Crippen molar-refractivity contribution >= 4 is 17.5 Å². The summed E-state index contributed by atoms with van der Waals surface area (Å²) in [4.78, 5) is 12.2. The number of nitrogens with one attached hydrogen (secondary N) is 1. The van der Waals surface area contributed by atoms with E-state index in [0.717, 1.165) is 11.1 Å². The van der Waals surface area contributed by atoms with Crippen molar-refractivity contribution in [2.45, 2.75) is 25.4 Å². The van der Waals surface area contributed by atoms with Gasteiger partial charge < -0.3 is 19.9 Å². The fourth-order valence-electron chi connectivity index (χ4n) is 3.33. The standard InChI is InChI=1S/C20H21ClFNO4/c1-20(10-12-3-4-15(21)16(22)7-12)11-14-8-13(19(25)23-5-6-24)9-17(26-2)18(14)27-20/h3-4,7-9,24H,5-6,10-11H2,1-2H3,(H,23,25)/t20-/m1/s1. The Kier molecular flexibility index (Phi) is 5.58. The number of halogens is 2. The first kappa shape index (κ1) is 19.5. The van der Waals surface area contributed by atoms with Gasteiger partial charge in [-0.3, -0.25) is 4.79 Å². The molecule has 1 aliphatic rings. The monoisotopic (exact) mass is 393 g/mol. The van der Waals surface area contributed by atoms with Crippen molar-refractivity contribution in [2.24, 2.45) is 0 Å². The second-order valence-electron chi connectivity index (χ2n) is 6.80. The van der Waals surface area contributed by atoms with Crippen LogP contribution in [0.5, 0.6) is 11.5 Å². The van der Waals surface area contributed by atoms with Crippen LogP contribution in [0.3, 0.4) is 0 Å². The molecule has 0 unspecified atom stereocenters. The zero-order valence-corrected chi connectivity index (χ0v) is 15.9. The predicted octanol–water partition coefficient (Wildman–Crippen LogP) is 3.15. The average molecular weight is 394 g/mol. The highest BCUT2D eigenvalue weighted by atomic mass is 35.5. The van der Waals surface area contributed by atoms with E-state index in [1.165, 1.54) is 19.2 Å². The number of methoxy groups -OCH3 is 1. The molecule has 27 heavy (non-hydrogen) atoms. The summed E-state index contributed by atoms with van der Waals surface area (Å²) in [6, 6.07) is 8.08. The highest BCUT2D eigenvalue weighted by Gasteiger charge is 2.37. The van der Waals surface area contributed by atoms with Gasteiger partial charge in [0.05, 0.1) is 18.7 Å². The zero-order chi connectivity index (χ0) is 19.6. The predicted molar refractivity (Wildman–Crippen MR) is 100 cm³/mol. The first-order valence-corrected chi connectivity index (χ1v) is 8.96. The van der Waals surface area contributed by atoms with Gasteiger partial charge in [0.25, 0.3) is 5.91 Å². The van der Waals surface area contributed by atoms with E-state index in [2.05, 4.69) is 5.32 Å². The SMILES string of the molecule is COc1cc(C(=O)NCCO)cc2c1O[C@](C)(Cc1ccc(Cl)c(F)c1)C2. The zero-order valence-electron chi connectivity index (χ0n) is 15.1. The largest absolute Gasteiger partial charge is 0.493 e. The lowest BCUT2D eigenvalue weighted by Crippen LogP contribution is -2.33. The van der Waals surface area contributed by atoms with E-state index in [1.54, 1.807) is 18.2 Å². The van der Waals surface area contributed by atoms with Crippen molar-refractivity contribution in [3.63, 3.8) is 0 Å². The molecule has 2 N–H and O–H groups in total. The molecule has 0 radical (unpaired) electrons. The minimum absolute atomic E-state index is 0.0831. The van der Waals surface area contributed by atoms with Crippen molar-refractivity contribution in [1.29, 1.82) is 0 Å². The molecule has 0 aliphatic carbocycles. The lowest BCUT2D eigenvalue weighted by atomic mass is 9.91. The Morgan fingerprint density at radius 1 is 1.41 bits per heavy atom. The maximum Gasteiger partial charge on any atom is 0.251 e. The summed E-state index contributed by atoms with van der Waals surface area (Å²) >= 11 is 5.75. The van der Waals surface area contributed by atoms with Crippen LogP contribution in [-0.4, -0.2) is 36.9 Å². The lowest BCUT2D eigenvalue weighted by molar-refractivity contribution is 0.0944. The van der Waals surface area contributed by atoms with Crippen LogP contribution in [0, 0.1) is 5.82 Å². The third kappa shape index (κ3) is 4.17. The molecule has 1 heterocycles. The molecular formula is C20H21ClFNO4. The summed E-state index contributed by atoms with van der Waals surface area (Å²) in [5, 5.41) is 11.6. The molecule has 3 rings (SSSR count). The first-order chi connectivity index (χ1) is 12.8. The number of carbonyl (C=O) groups is 1. The Bertz CT molecular complexity index is 873. The second-order valence-corrected chi connectivity index (χ2v) is 7.21. The Hall–Kier alpha value is -2.31. The van der Waals surface area contributed by atoms with Crippen LogP contribution < -0.4 is 14.8 Å². The van der Waals surface area contributed by atoms with Gasteiger partial charge in [0, 0.05) is 30.5 Å². The molecule has 0 bridgehead atoms. The van der Waals surface area contributed by atoms with Crippen molar-refractivity contribution in [1.82, 2.24) is 5.32 Å². The Balaban J connectivity index is 1.85. The molecule has 1 aliphatic heterocycles. The van der Waals surface area contributed by atoms with E-state index in [4.69, 9.17) is 26.2 Å². The van der Waals surface area contributed by atoms with E-state index in [0.29, 0.717) is 29.9 Å². The second kappa shape index (κ2) is 7.74. The van der Waals surface area contributed by atoms with E-state index in [9.17, 15) is 9.18 Å². The molecule has 144 valence electrons. The van der Waals surface area contributed by atoms with Crippen molar-refractivity contribution in [3.05, 3.63) is 57.9 Å². The number of hydrogen-bond donors (Lipinski definition) is 2. The molecule has 0 saturated heterocycles. The van der Waals surface area contributed by atoms with E-state index in [1.807, 2.05) is 6.92 Å². The van der Waals surface area contributed by atoms with Gasteiger partial charge in [0.1, 0.15) is 11.4 Å². The Morgan fingerprint density at radius 2 is 2.19 bits per heavy atom. The Morgan fingerprint density at radius 3 is 2.85 bits per heavy atom. The minimum Gasteiger partial charge on any atom is -0.493 e. The summed E-state index contributed by atoms with van der Waals surface area (Å²) in [6.07, 6.45) is 1.02. The van der Waals surface area contributed by atoms with Gasteiger partial charge in [0.2, 0.25) is 0 Å². The van der Waals surface area contributed by atoms with Gasteiger partial charge in [-0.05, 0) is 36.8 Å². The third-order valence-electron chi connectivity index (χ3n) is 4.49. The molecule has 2 aromatic carbocycles. The number of ether oxygens (including phenoxy) is 2. The maximum atomic E-state index is 13.7. The van der Waals surface area contributed by atoms with Crippen LogP contribution in [0.1, 0.15) is 28.4 Å². The molecule has 0 saturated carbocycles. The lowest BCUT2D eigenvalue weighted by Gasteiger charge is -2.24. The number of benzene rings is 2. The molecule has 2 aromatic rings. The van der Waals surface area contributed by atoms with Gasteiger partial charge in [-0.15, -0.1) is 0 Å². The molecule has 5 nitrogen and oxygen atoms in total. The van der Waals surface area contributed by atoms with Gasteiger partial charge >= 0.3 is 0 Å². The molecule has 0 spiro atoms. The number of carbonyl (C=O) groups excluding carboxylic acids is 1. The van der Waals surface area contributed by atoms with Crippen LogP contribution in [0.2, 0.25) is 5.02 Å². The normalized spacial score (nSPS) is 18.0. The molecule has 1 amide bonds. The summed E-state index contributed by atoms with van der Waals surface area (Å²) in [5.41, 5.74) is 1.45. The summed E-state index contributed by atoms with van der Waals surface area (Å²) in [6.45, 7) is 1.98. The molecule has 7 heteroatoms. The topological polar surface area (TPSA) is 67.8 Å². The highest BCUT2D eigenvalue weighted by Crippen LogP contribution is 2.44. The number of hydrogen-bond acceptors (Lipinski definition) is 4. The molecule has 1 atom stereocenters. The average Bonchev–Trinajstić information content (AvgIpc) is 2.97. The summed E-state index contributed by atoms with van der Waals surface area (Å²) in [5.74, 6) is 0.299. The highest BCUT2D eigenvalue weighted by molar-refractivity contribution is 6.30. The summed E-state index contributed by atoms with van der Waals surface area (Å²) in [7, 11) is 1.51. The first-order valence-electron chi connectivity index (χ1n) is 8.58. The fraction of sp³-hybridized carbons (Fsp3) is 0.350. The molecular weight excluding hydrogens is 373 g/mol. The van der Waals surface area contributed by atoms with Crippen molar-refractivity contribution in [2.75, 3.05) is 20.3 Å². The number of amides is 1. The smallest absolute Gasteiger partial charge is 0.251 e. The minimum atomic E-state index is -0.601. The van der Waals surface area contributed by atoms with Gasteiger partial charge in [-0.1, -0.05) is 17.7 Å². The van der Waals surface area contributed by atoms with E-state index >= 15 is 0 Å². The summed E-state index contributed by atoms with van der Waals surface area (Å²) < 4.78 is 25.3. The Labute approximate surface area is 162 Å².